The van der Waals surface area contributed by atoms with E-state index >= 15 is 0 Å². The first-order valence-electron chi connectivity index (χ1n) is 11.3. The number of aromatic amines is 2. The van der Waals surface area contributed by atoms with Gasteiger partial charge < -0.3 is 10.2 Å². The Bertz CT molecular complexity index is 1350. The van der Waals surface area contributed by atoms with E-state index in [4.69, 9.17) is 4.98 Å². The summed E-state index contributed by atoms with van der Waals surface area (Å²) in [6.45, 7) is 4.56. The van der Waals surface area contributed by atoms with Gasteiger partial charge in [0, 0.05) is 42.6 Å². The molecule has 10 heteroatoms. The van der Waals surface area contributed by atoms with Crippen LogP contribution in [0.2, 0.25) is 0 Å². The number of halogens is 3. The van der Waals surface area contributed by atoms with Crippen molar-refractivity contribution < 1.29 is 13.2 Å². The van der Waals surface area contributed by atoms with Crippen molar-refractivity contribution >= 4 is 27.5 Å². The van der Waals surface area contributed by atoms with Crippen LogP contribution in [0.1, 0.15) is 36.6 Å². The number of nitrogens with zero attached hydrogens (tertiary/aromatic N) is 4. The highest BCUT2D eigenvalue weighted by atomic mass is 19.4. The number of hydrogen-bond donors (Lipinski definition) is 3. The second kappa shape index (κ2) is 7.44. The Morgan fingerprint density at radius 3 is 2.76 bits per heavy atom. The molecule has 0 spiro atoms. The number of alkyl halides is 3. The highest BCUT2D eigenvalue weighted by molar-refractivity contribution is 6.13. The van der Waals surface area contributed by atoms with Crippen molar-refractivity contribution in [3.8, 4) is 11.3 Å². The molecule has 4 heterocycles. The number of hydrogen-bond acceptors (Lipinski definition) is 5. The average Bonchev–Trinajstić information content (AvgIpc) is 3.47. The van der Waals surface area contributed by atoms with Crippen LogP contribution in [0.3, 0.4) is 0 Å². The molecule has 1 aliphatic carbocycles. The van der Waals surface area contributed by atoms with Crippen molar-refractivity contribution in [3.63, 3.8) is 0 Å². The quantitative estimate of drug-likeness (QED) is 0.422. The van der Waals surface area contributed by atoms with Crippen LogP contribution in [-0.4, -0.2) is 51.1 Å². The van der Waals surface area contributed by atoms with Gasteiger partial charge in [0.05, 0.1) is 34.2 Å². The van der Waals surface area contributed by atoms with Gasteiger partial charge in [-0.15, -0.1) is 0 Å². The number of nitrogens with one attached hydrogen (secondary N) is 3. The number of fused-ring (bicyclic) bond motifs is 5. The summed E-state index contributed by atoms with van der Waals surface area (Å²) in [5.74, 6) is 0. The molecule has 6 rings (SSSR count). The Labute approximate surface area is 187 Å². The number of aryl methyl sites for hydroxylation is 1. The lowest BCUT2D eigenvalue weighted by Gasteiger charge is -2.34. The Hall–Kier alpha value is -3.14. The number of aromatic nitrogens is 5. The molecule has 0 saturated carbocycles. The molecule has 0 amide bonds. The largest absolute Gasteiger partial charge is 0.435 e. The van der Waals surface area contributed by atoms with Crippen LogP contribution in [0, 0.1) is 0 Å². The van der Waals surface area contributed by atoms with Gasteiger partial charge in [-0.25, -0.2) is 4.98 Å². The number of rotatable bonds is 2. The summed E-state index contributed by atoms with van der Waals surface area (Å²) in [6, 6.07) is 2.34. The normalized spacial score (nSPS) is 19.4. The summed E-state index contributed by atoms with van der Waals surface area (Å²) in [4.78, 5) is 7.24. The van der Waals surface area contributed by atoms with Crippen LogP contribution in [-0.2, 0) is 19.0 Å². The first-order valence-corrected chi connectivity index (χ1v) is 11.3. The Kier molecular flexibility index (Phi) is 4.62. The fourth-order valence-electron chi connectivity index (χ4n) is 5.41. The molecular weight excluding hydrogens is 431 g/mol. The first kappa shape index (κ1) is 20.5. The van der Waals surface area contributed by atoms with E-state index in [1.807, 2.05) is 6.07 Å². The molecule has 1 aromatic carbocycles. The van der Waals surface area contributed by atoms with Gasteiger partial charge in [0.15, 0.2) is 5.69 Å². The number of H-pyrrole nitrogens is 2. The van der Waals surface area contributed by atoms with Crippen molar-refractivity contribution in [2.75, 3.05) is 24.5 Å². The molecule has 0 radical (unpaired) electrons. The number of pyridine rings is 1. The molecule has 0 unspecified atom stereocenters. The molecule has 172 valence electrons. The maximum absolute atomic E-state index is 13.8. The van der Waals surface area contributed by atoms with Crippen LogP contribution >= 0.6 is 0 Å². The van der Waals surface area contributed by atoms with Gasteiger partial charge >= 0.3 is 6.18 Å². The summed E-state index contributed by atoms with van der Waals surface area (Å²) < 4.78 is 41.3. The third-order valence-electron chi connectivity index (χ3n) is 6.85. The highest BCUT2D eigenvalue weighted by Crippen LogP contribution is 2.43. The second-order valence-electron chi connectivity index (χ2n) is 9.02. The molecule has 0 bridgehead atoms. The van der Waals surface area contributed by atoms with Crippen molar-refractivity contribution in [1.82, 2.24) is 30.7 Å². The van der Waals surface area contributed by atoms with Gasteiger partial charge in [0.1, 0.15) is 0 Å². The molecule has 3 N–H and O–H groups in total. The Balaban J connectivity index is 1.69. The molecule has 7 nitrogen and oxygen atoms in total. The minimum atomic E-state index is -4.56. The minimum absolute atomic E-state index is 0.0227. The number of piperazine rings is 1. The van der Waals surface area contributed by atoms with E-state index in [0.717, 1.165) is 77.5 Å². The standard InChI is InChI=1S/C23H24F3N7/c1-12-11-33(7-6-27-12)18-8-17-15(9-28-31-17)19-13-4-2-3-5-14(13)20(30-21(18)19)16-10-29-32-22(16)23(24,25)26/h8-10,12,27H,2-7,11H2,1H3,(H,28,31)(H,29,32)/t12-/m1/s1. The third-order valence-corrected chi connectivity index (χ3v) is 6.85. The first-order chi connectivity index (χ1) is 15.9. The summed E-state index contributed by atoms with van der Waals surface area (Å²) >= 11 is 0. The van der Waals surface area contributed by atoms with Gasteiger partial charge in [-0.1, -0.05) is 0 Å². The maximum atomic E-state index is 13.8. The zero-order valence-corrected chi connectivity index (χ0v) is 18.2. The lowest BCUT2D eigenvalue weighted by atomic mass is 9.85. The molecule has 4 aromatic rings. The van der Waals surface area contributed by atoms with Crippen LogP contribution in [0.25, 0.3) is 33.1 Å². The molecule has 1 atom stereocenters. The summed E-state index contributed by atoms with van der Waals surface area (Å²) in [7, 11) is 0. The zero-order valence-electron chi connectivity index (χ0n) is 18.2. The fourth-order valence-corrected chi connectivity index (χ4v) is 5.41. The van der Waals surface area contributed by atoms with E-state index in [0.29, 0.717) is 18.2 Å². The topological polar surface area (TPSA) is 85.5 Å². The average molecular weight is 455 g/mol. The van der Waals surface area contributed by atoms with E-state index in [2.05, 4.69) is 37.5 Å². The van der Waals surface area contributed by atoms with Crippen molar-refractivity contribution in [1.29, 1.82) is 0 Å². The summed E-state index contributed by atoms with van der Waals surface area (Å²) in [5, 5.41) is 18.8. The highest BCUT2D eigenvalue weighted by Gasteiger charge is 2.38. The van der Waals surface area contributed by atoms with Gasteiger partial charge in [0.25, 0.3) is 0 Å². The van der Waals surface area contributed by atoms with Gasteiger partial charge in [0.2, 0.25) is 0 Å². The predicted octanol–water partition coefficient (Wildman–Crippen LogP) is 4.20. The van der Waals surface area contributed by atoms with Crippen molar-refractivity contribution in [3.05, 3.63) is 35.3 Å². The Morgan fingerprint density at radius 1 is 1.15 bits per heavy atom. The van der Waals surface area contributed by atoms with E-state index in [1.165, 1.54) is 6.20 Å². The number of anilines is 1. The molecule has 1 fully saturated rings. The summed E-state index contributed by atoms with van der Waals surface area (Å²) in [6.07, 6.45) is 2.00. The van der Waals surface area contributed by atoms with Gasteiger partial charge in [-0.2, -0.15) is 23.4 Å². The smallest absolute Gasteiger partial charge is 0.367 e. The van der Waals surface area contributed by atoms with Crippen LogP contribution < -0.4 is 10.2 Å². The molecule has 1 saturated heterocycles. The summed E-state index contributed by atoms with van der Waals surface area (Å²) in [5.41, 5.74) is 4.08. The van der Waals surface area contributed by atoms with E-state index in [9.17, 15) is 13.2 Å². The fraction of sp³-hybridized carbons (Fsp3) is 0.435. The van der Waals surface area contributed by atoms with Gasteiger partial charge in [-0.3, -0.25) is 10.2 Å². The molecule has 1 aliphatic heterocycles. The zero-order chi connectivity index (χ0) is 22.7. The van der Waals surface area contributed by atoms with E-state index < -0.39 is 11.9 Å². The van der Waals surface area contributed by atoms with Gasteiger partial charge in [-0.05, 0) is 49.8 Å². The third kappa shape index (κ3) is 3.26. The predicted molar refractivity (Wildman–Crippen MR) is 120 cm³/mol. The molecule has 2 aliphatic rings. The van der Waals surface area contributed by atoms with Crippen LogP contribution in [0.15, 0.2) is 18.5 Å². The van der Waals surface area contributed by atoms with E-state index in [1.54, 1.807) is 6.20 Å². The van der Waals surface area contributed by atoms with Crippen LogP contribution in [0.4, 0.5) is 18.9 Å². The van der Waals surface area contributed by atoms with Crippen LogP contribution in [0.5, 0.6) is 0 Å². The molecule has 33 heavy (non-hydrogen) atoms. The molecular formula is C23H24F3N7. The number of benzene rings is 1. The minimum Gasteiger partial charge on any atom is -0.367 e. The maximum Gasteiger partial charge on any atom is 0.435 e. The monoisotopic (exact) mass is 455 g/mol. The second-order valence-corrected chi connectivity index (χ2v) is 9.02. The van der Waals surface area contributed by atoms with E-state index in [-0.39, 0.29) is 5.56 Å². The van der Waals surface area contributed by atoms with Crippen molar-refractivity contribution in [2.24, 2.45) is 0 Å². The lowest BCUT2D eigenvalue weighted by molar-refractivity contribution is -0.140. The molecule has 3 aromatic heterocycles. The SMILES string of the molecule is C[C@@H]1CN(c2cc3[nH]ncc3c3c4c(c(-c5c[nH]nc5C(F)(F)F)nc23)CCCC4)CCN1. The lowest BCUT2D eigenvalue weighted by Crippen LogP contribution is -2.49. The van der Waals surface area contributed by atoms with Crippen molar-refractivity contribution in [2.45, 2.75) is 44.8 Å². The Morgan fingerprint density at radius 2 is 1.97 bits per heavy atom.